The zero-order valence-electron chi connectivity index (χ0n) is 13.2. The van der Waals surface area contributed by atoms with Crippen LogP contribution in [0.3, 0.4) is 0 Å². The number of hydrogen-bond acceptors (Lipinski definition) is 4. The Balaban J connectivity index is 1.67. The van der Waals surface area contributed by atoms with Crippen molar-refractivity contribution < 1.29 is 14.2 Å². The van der Waals surface area contributed by atoms with E-state index in [0.29, 0.717) is 19.8 Å². The third-order valence-corrected chi connectivity index (χ3v) is 3.21. The van der Waals surface area contributed by atoms with Crippen LogP contribution in [0.1, 0.15) is 18.9 Å². The lowest BCUT2D eigenvalue weighted by atomic mass is 10.2. The smallest absolute Gasteiger partial charge is 0.121 e. The van der Waals surface area contributed by atoms with E-state index in [9.17, 15) is 0 Å². The fraction of sp³-hybridized carbons (Fsp3) is 0.333. The molecule has 0 aliphatic heterocycles. The summed E-state index contributed by atoms with van der Waals surface area (Å²) >= 11 is 0. The van der Waals surface area contributed by atoms with Gasteiger partial charge >= 0.3 is 0 Å². The molecule has 2 aromatic carbocycles. The number of aryl methyl sites for hydroxylation is 1. The molecule has 0 aliphatic rings. The molecule has 0 heterocycles. The predicted molar refractivity (Wildman–Crippen MR) is 88.8 cm³/mol. The van der Waals surface area contributed by atoms with Gasteiger partial charge in [0, 0.05) is 18.2 Å². The minimum atomic E-state index is 0.597. The Morgan fingerprint density at radius 3 is 1.95 bits per heavy atom. The summed E-state index contributed by atoms with van der Waals surface area (Å²) in [6, 6.07) is 13.4. The average molecular weight is 301 g/mol. The second-order valence-corrected chi connectivity index (χ2v) is 4.97. The molecule has 2 rings (SSSR count). The summed E-state index contributed by atoms with van der Waals surface area (Å²) in [5.41, 5.74) is 7.66. The first kappa shape index (κ1) is 16.0. The SMILES string of the molecule is CCOc1ccc(OCCCOc2ccc(C)c(N)c2)cc1. The number of nitrogens with two attached hydrogens (primary N) is 1. The van der Waals surface area contributed by atoms with E-state index in [0.717, 1.165) is 34.9 Å². The Morgan fingerprint density at radius 1 is 0.818 bits per heavy atom. The number of ether oxygens (including phenoxy) is 3. The lowest BCUT2D eigenvalue weighted by Crippen LogP contribution is -2.05. The van der Waals surface area contributed by atoms with E-state index in [-0.39, 0.29) is 0 Å². The van der Waals surface area contributed by atoms with Gasteiger partial charge in [-0.15, -0.1) is 0 Å². The maximum absolute atomic E-state index is 5.85. The number of benzene rings is 2. The van der Waals surface area contributed by atoms with E-state index >= 15 is 0 Å². The van der Waals surface area contributed by atoms with Crippen molar-refractivity contribution in [1.29, 1.82) is 0 Å². The monoisotopic (exact) mass is 301 g/mol. The van der Waals surface area contributed by atoms with Crippen molar-refractivity contribution in [2.24, 2.45) is 0 Å². The third-order valence-electron chi connectivity index (χ3n) is 3.21. The number of nitrogen functional groups attached to an aromatic ring is 1. The van der Waals surface area contributed by atoms with Crippen molar-refractivity contribution in [3.05, 3.63) is 48.0 Å². The maximum atomic E-state index is 5.85. The first-order chi connectivity index (χ1) is 10.7. The molecule has 22 heavy (non-hydrogen) atoms. The number of anilines is 1. The van der Waals surface area contributed by atoms with E-state index in [1.54, 1.807) is 0 Å². The predicted octanol–water partition coefficient (Wildman–Crippen LogP) is 3.82. The molecule has 0 bridgehead atoms. The molecular formula is C18H23NO3. The fourth-order valence-electron chi connectivity index (χ4n) is 1.95. The largest absolute Gasteiger partial charge is 0.494 e. The van der Waals surface area contributed by atoms with E-state index in [2.05, 4.69) is 0 Å². The highest BCUT2D eigenvalue weighted by molar-refractivity contribution is 5.50. The Kier molecular flexibility index (Phi) is 5.95. The zero-order chi connectivity index (χ0) is 15.8. The van der Waals surface area contributed by atoms with Crippen LogP contribution in [0.25, 0.3) is 0 Å². The van der Waals surface area contributed by atoms with E-state index in [4.69, 9.17) is 19.9 Å². The average Bonchev–Trinajstić information content (AvgIpc) is 2.52. The van der Waals surface area contributed by atoms with E-state index < -0.39 is 0 Å². The standard InChI is InChI=1S/C18H23NO3/c1-3-20-15-7-9-16(10-8-15)21-11-4-12-22-17-6-5-14(2)18(19)13-17/h5-10,13H,3-4,11-12,19H2,1-2H3. The van der Waals surface area contributed by atoms with Crippen LogP contribution >= 0.6 is 0 Å². The second kappa shape index (κ2) is 8.17. The molecule has 0 amide bonds. The van der Waals surface area contributed by atoms with Crippen molar-refractivity contribution >= 4 is 5.69 Å². The molecule has 4 heteroatoms. The van der Waals surface area contributed by atoms with Gasteiger partial charge in [0.1, 0.15) is 17.2 Å². The van der Waals surface area contributed by atoms with Crippen molar-refractivity contribution in [3.63, 3.8) is 0 Å². The van der Waals surface area contributed by atoms with Crippen LogP contribution in [0.2, 0.25) is 0 Å². The second-order valence-electron chi connectivity index (χ2n) is 4.97. The molecular weight excluding hydrogens is 278 g/mol. The van der Waals surface area contributed by atoms with Gasteiger partial charge in [0.05, 0.1) is 19.8 Å². The molecule has 4 nitrogen and oxygen atoms in total. The Hall–Kier alpha value is -2.36. The maximum Gasteiger partial charge on any atom is 0.121 e. The third kappa shape index (κ3) is 4.88. The Morgan fingerprint density at radius 2 is 1.36 bits per heavy atom. The van der Waals surface area contributed by atoms with Crippen molar-refractivity contribution in [2.75, 3.05) is 25.6 Å². The van der Waals surface area contributed by atoms with Crippen LogP contribution in [-0.4, -0.2) is 19.8 Å². The van der Waals surface area contributed by atoms with Gasteiger partial charge in [0.25, 0.3) is 0 Å². The van der Waals surface area contributed by atoms with E-state index in [1.165, 1.54) is 0 Å². The lowest BCUT2D eigenvalue weighted by Gasteiger charge is -2.10. The summed E-state index contributed by atoms with van der Waals surface area (Å²) in [5.74, 6) is 2.49. The number of rotatable bonds is 8. The van der Waals surface area contributed by atoms with Crippen LogP contribution < -0.4 is 19.9 Å². The molecule has 0 atom stereocenters. The zero-order valence-corrected chi connectivity index (χ0v) is 13.2. The van der Waals surface area contributed by atoms with Gasteiger partial charge in [-0.3, -0.25) is 0 Å². The van der Waals surface area contributed by atoms with Gasteiger partial charge in [-0.2, -0.15) is 0 Å². The van der Waals surface area contributed by atoms with Crippen LogP contribution in [0.4, 0.5) is 5.69 Å². The highest BCUT2D eigenvalue weighted by Crippen LogP contribution is 2.19. The highest BCUT2D eigenvalue weighted by atomic mass is 16.5. The Labute approximate surface area is 131 Å². The minimum Gasteiger partial charge on any atom is -0.494 e. The number of hydrogen-bond donors (Lipinski definition) is 1. The first-order valence-electron chi connectivity index (χ1n) is 7.53. The molecule has 0 fully saturated rings. The molecule has 0 saturated heterocycles. The van der Waals surface area contributed by atoms with Crippen LogP contribution in [0, 0.1) is 6.92 Å². The van der Waals surface area contributed by atoms with Gasteiger partial charge in [-0.1, -0.05) is 6.07 Å². The van der Waals surface area contributed by atoms with Crippen molar-refractivity contribution in [3.8, 4) is 17.2 Å². The quantitative estimate of drug-likeness (QED) is 0.595. The molecule has 2 aromatic rings. The van der Waals surface area contributed by atoms with Crippen LogP contribution in [0.5, 0.6) is 17.2 Å². The molecule has 2 N–H and O–H groups in total. The molecule has 0 aliphatic carbocycles. The molecule has 0 unspecified atom stereocenters. The van der Waals surface area contributed by atoms with Crippen LogP contribution in [-0.2, 0) is 0 Å². The Bertz CT molecular complexity index is 581. The summed E-state index contributed by atoms with van der Waals surface area (Å²) in [5, 5.41) is 0. The van der Waals surface area contributed by atoms with Crippen molar-refractivity contribution in [2.45, 2.75) is 20.3 Å². The summed E-state index contributed by atoms with van der Waals surface area (Å²) in [4.78, 5) is 0. The first-order valence-corrected chi connectivity index (χ1v) is 7.53. The van der Waals surface area contributed by atoms with Crippen molar-refractivity contribution in [1.82, 2.24) is 0 Å². The van der Waals surface area contributed by atoms with Gasteiger partial charge in [-0.05, 0) is 49.7 Å². The lowest BCUT2D eigenvalue weighted by molar-refractivity contribution is 0.247. The summed E-state index contributed by atoms with van der Waals surface area (Å²) in [6.07, 6.45) is 0.807. The van der Waals surface area contributed by atoms with Crippen LogP contribution in [0.15, 0.2) is 42.5 Å². The molecule has 0 spiro atoms. The van der Waals surface area contributed by atoms with Gasteiger partial charge in [0.15, 0.2) is 0 Å². The van der Waals surface area contributed by atoms with E-state index in [1.807, 2.05) is 56.3 Å². The summed E-state index contributed by atoms with van der Waals surface area (Å²) < 4.78 is 16.7. The summed E-state index contributed by atoms with van der Waals surface area (Å²) in [7, 11) is 0. The molecule has 118 valence electrons. The van der Waals surface area contributed by atoms with Gasteiger partial charge in [-0.25, -0.2) is 0 Å². The van der Waals surface area contributed by atoms with Gasteiger partial charge < -0.3 is 19.9 Å². The highest BCUT2D eigenvalue weighted by Gasteiger charge is 1.99. The topological polar surface area (TPSA) is 53.7 Å². The molecule has 0 aromatic heterocycles. The minimum absolute atomic E-state index is 0.597. The van der Waals surface area contributed by atoms with Gasteiger partial charge in [0.2, 0.25) is 0 Å². The fourth-order valence-corrected chi connectivity index (χ4v) is 1.95. The normalized spacial score (nSPS) is 10.3. The summed E-state index contributed by atoms with van der Waals surface area (Å²) in [6.45, 7) is 5.81. The molecule has 0 saturated carbocycles. The molecule has 0 radical (unpaired) electrons.